The van der Waals surface area contributed by atoms with E-state index in [4.69, 9.17) is 4.74 Å². The molecule has 4 N–H and O–H groups in total. The minimum atomic E-state index is -2.36. The Bertz CT molecular complexity index is 1150. The van der Waals surface area contributed by atoms with Gasteiger partial charge in [-0.2, -0.15) is 0 Å². The van der Waals surface area contributed by atoms with Crippen molar-refractivity contribution in [1.29, 1.82) is 0 Å². The molecule has 6 heteroatoms. The SMILES string of the molecule is CCCC(=O)[C@@]1(O)C[C@](O)(Cc2ccccc2)[C@@](O)(Cc2ccccc2)[C@@H](C(O)Cc2ccccc2)O1. The predicted molar refractivity (Wildman–Crippen MR) is 141 cm³/mol. The van der Waals surface area contributed by atoms with Crippen LogP contribution in [0, 0.1) is 0 Å². The van der Waals surface area contributed by atoms with Crippen molar-refractivity contribution in [2.24, 2.45) is 0 Å². The Hall–Kier alpha value is -2.87. The monoisotopic (exact) mass is 504 g/mol. The van der Waals surface area contributed by atoms with Crippen molar-refractivity contribution in [3.63, 3.8) is 0 Å². The lowest BCUT2D eigenvalue weighted by Crippen LogP contribution is -2.75. The molecule has 0 spiro atoms. The van der Waals surface area contributed by atoms with E-state index in [1.807, 2.05) is 97.9 Å². The van der Waals surface area contributed by atoms with Crippen LogP contribution in [0.5, 0.6) is 0 Å². The second-order valence-electron chi connectivity index (χ2n) is 10.2. The third-order valence-electron chi connectivity index (χ3n) is 7.34. The largest absolute Gasteiger partial charge is 0.390 e. The maximum Gasteiger partial charge on any atom is 0.229 e. The highest BCUT2D eigenvalue weighted by Gasteiger charge is 2.66. The van der Waals surface area contributed by atoms with Crippen molar-refractivity contribution in [3.8, 4) is 0 Å². The molecule has 0 saturated carbocycles. The first-order chi connectivity index (χ1) is 17.7. The van der Waals surface area contributed by atoms with E-state index in [2.05, 4.69) is 0 Å². The number of carbonyl (C=O) groups excluding carboxylic acids is 1. The standard InChI is InChI=1S/C31H36O6/c1-2-12-27(33)31(36)22-29(34,20-24-15-8-4-9-16-24)30(35,21-25-17-10-5-11-18-25)28(37-31)26(32)19-23-13-6-3-7-14-23/h3-11,13-18,26,28,32,34-36H,2,12,19-22H2,1H3/t26?,28-,29-,30-,31-/m1/s1. The van der Waals surface area contributed by atoms with E-state index in [1.54, 1.807) is 0 Å². The molecule has 1 heterocycles. The van der Waals surface area contributed by atoms with Crippen LogP contribution in [0.15, 0.2) is 91.0 Å². The molecule has 6 nitrogen and oxygen atoms in total. The number of hydrogen-bond acceptors (Lipinski definition) is 6. The van der Waals surface area contributed by atoms with Crippen LogP contribution >= 0.6 is 0 Å². The zero-order valence-electron chi connectivity index (χ0n) is 21.2. The molecule has 1 fully saturated rings. The van der Waals surface area contributed by atoms with Gasteiger partial charge in [-0.1, -0.05) is 97.9 Å². The summed E-state index contributed by atoms with van der Waals surface area (Å²) in [5.74, 6) is -2.94. The van der Waals surface area contributed by atoms with Gasteiger partial charge in [-0.3, -0.25) is 4.79 Å². The Morgan fingerprint density at radius 3 is 1.84 bits per heavy atom. The van der Waals surface area contributed by atoms with Gasteiger partial charge in [0.05, 0.1) is 6.10 Å². The summed E-state index contributed by atoms with van der Waals surface area (Å²) in [6.45, 7) is 1.81. The first-order valence-electron chi connectivity index (χ1n) is 12.9. The van der Waals surface area contributed by atoms with Gasteiger partial charge in [-0.15, -0.1) is 0 Å². The van der Waals surface area contributed by atoms with Crippen LogP contribution in [-0.4, -0.2) is 55.4 Å². The molecule has 0 aromatic heterocycles. The molecule has 37 heavy (non-hydrogen) atoms. The first kappa shape index (κ1) is 27.2. The van der Waals surface area contributed by atoms with Gasteiger partial charge in [-0.25, -0.2) is 0 Å². The summed E-state index contributed by atoms with van der Waals surface area (Å²) in [6, 6.07) is 27.5. The minimum absolute atomic E-state index is 0.0382. The lowest BCUT2D eigenvalue weighted by molar-refractivity contribution is -0.355. The molecule has 1 aliphatic heterocycles. The van der Waals surface area contributed by atoms with Crippen LogP contribution in [0.2, 0.25) is 0 Å². The molecular formula is C31H36O6. The van der Waals surface area contributed by atoms with E-state index < -0.39 is 41.4 Å². The second kappa shape index (κ2) is 11.3. The van der Waals surface area contributed by atoms with Crippen LogP contribution < -0.4 is 0 Å². The van der Waals surface area contributed by atoms with E-state index in [1.165, 1.54) is 0 Å². The maximum atomic E-state index is 13.1. The first-order valence-corrected chi connectivity index (χ1v) is 12.9. The molecule has 0 amide bonds. The third-order valence-corrected chi connectivity index (χ3v) is 7.34. The van der Waals surface area contributed by atoms with Gasteiger partial charge in [0.15, 0.2) is 5.78 Å². The highest BCUT2D eigenvalue weighted by molar-refractivity contribution is 5.86. The average molecular weight is 505 g/mol. The van der Waals surface area contributed by atoms with Crippen LogP contribution in [-0.2, 0) is 28.8 Å². The molecule has 1 aliphatic rings. The summed E-state index contributed by atoms with van der Waals surface area (Å²) in [4.78, 5) is 13.1. The fraction of sp³-hybridized carbons (Fsp3) is 0.387. The molecule has 3 aromatic rings. The van der Waals surface area contributed by atoms with Gasteiger partial charge >= 0.3 is 0 Å². The number of carbonyl (C=O) groups is 1. The fourth-order valence-electron chi connectivity index (χ4n) is 5.43. The Morgan fingerprint density at radius 1 is 0.838 bits per heavy atom. The molecule has 0 bridgehead atoms. The number of ketones is 1. The predicted octanol–water partition coefficient (Wildman–Crippen LogP) is 3.38. The quantitative estimate of drug-likeness (QED) is 0.337. The van der Waals surface area contributed by atoms with E-state index in [9.17, 15) is 25.2 Å². The fourth-order valence-corrected chi connectivity index (χ4v) is 5.43. The lowest BCUT2D eigenvalue weighted by atomic mass is 9.64. The molecule has 196 valence electrons. The summed E-state index contributed by atoms with van der Waals surface area (Å²) < 4.78 is 5.99. The van der Waals surface area contributed by atoms with E-state index in [0.717, 1.165) is 16.7 Å². The number of hydrogen-bond donors (Lipinski definition) is 4. The Morgan fingerprint density at radius 2 is 1.32 bits per heavy atom. The van der Waals surface area contributed by atoms with Crippen LogP contribution in [0.3, 0.4) is 0 Å². The summed E-state index contributed by atoms with van der Waals surface area (Å²) in [5.41, 5.74) is -1.79. The average Bonchev–Trinajstić information content (AvgIpc) is 2.88. The van der Waals surface area contributed by atoms with E-state index in [0.29, 0.717) is 6.42 Å². The zero-order chi connectivity index (χ0) is 26.5. The molecule has 0 aliphatic carbocycles. The highest BCUT2D eigenvalue weighted by Crippen LogP contribution is 2.47. The van der Waals surface area contributed by atoms with Gasteiger partial charge < -0.3 is 25.2 Å². The van der Waals surface area contributed by atoms with Crippen molar-refractivity contribution in [2.45, 2.75) is 74.6 Å². The molecule has 1 saturated heterocycles. The van der Waals surface area contributed by atoms with Crippen molar-refractivity contribution in [3.05, 3.63) is 108 Å². The van der Waals surface area contributed by atoms with Gasteiger partial charge in [0.25, 0.3) is 0 Å². The molecule has 0 radical (unpaired) electrons. The number of ether oxygens (including phenoxy) is 1. The van der Waals surface area contributed by atoms with E-state index >= 15 is 0 Å². The smallest absolute Gasteiger partial charge is 0.229 e. The van der Waals surface area contributed by atoms with Gasteiger partial charge in [0.1, 0.15) is 17.3 Å². The molecule has 5 atom stereocenters. The van der Waals surface area contributed by atoms with Crippen molar-refractivity contribution in [2.75, 3.05) is 0 Å². The molecular weight excluding hydrogens is 468 g/mol. The summed E-state index contributed by atoms with van der Waals surface area (Å²) in [7, 11) is 0. The minimum Gasteiger partial charge on any atom is -0.390 e. The van der Waals surface area contributed by atoms with Gasteiger partial charge in [0, 0.05) is 32.1 Å². The number of aliphatic hydroxyl groups is 4. The van der Waals surface area contributed by atoms with Crippen molar-refractivity contribution < 1.29 is 30.0 Å². The normalized spacial score (nSPS) is 28.5. The number of rotatable bonds is 10. The zero-order valence-corrected chi connectivity index (χ0v) is 21.2. The van der Waals surface area contributed by atoms with Crippen molar-refractivity contribution >= 4 is 5.78 Å². The van der Waals surface area contributed by atoms with Crippen LogP contribution in [0.4, 0.5) is 0 Å². The topological polar surface area (TPSA) is 107 Å². The number of benzene rings is 3. The second-order valence-corrected chi connectivity index (χ2v) is 10.2. The Balaban J connectivity index is 1.82. The van der Waals surface area contributed by atoms with Crippen LogP contribution in [0.25, 0.3) is 0 Å². The Kier molecular flexibility index (Phi) is 8.26. The number of Topliss-reactive ketones (excluding diaryl/α,β-unsaturated/α-hetero) is 1. The third kappa shape index (κ3) is 5.84. The molecule has 3 aromatic carbocycles. The summed E-state index contributed by atoms with van der Waals surface area (Å²) in [6.07, 6.45) is -2.78. The maximum absolute atomic E-state index is 13.1. The van der Waals surface area contributed by atoms with Crippen molar-refractivity contribution in [1.82, 2.24) is 0 Å². The lowest BCUT2D eigenvalue weighted by Gasteiger charge is -2.56. The van der Waals surface area contributed by atoms with Gasteiger partial charge in [-0.05, 0) is 23.1 Å². The summed E-state index contributed by atoms with van der Waals surface area (Å²) >= 11 is 0. The Labute approximate surface area is 218 Å². The van der Waals surface area contributed by atoms with E-state index in [-0.39, 0.29) is 25.7 Å². The molecule has 1 unspecified atom stereocenters. The summed E-state index contributed by atoms with van der Waals surface area (Å²) in [5, 5.41) is 47.7. The number of aliphatic hydroxyl groups excluding tert-OH is 1. The van der Waals surface area contributed by atoms with Gasteiger partial charge in [0.2, 0.25) is 5.79 Å². The highest BCUT2D eigenvalue weighted by atomic mass is 16.7. The van der Waals surface area contributed by atoms with Crippen LogP contribution in [0.1, 0.15) is 42.9 Å². The molecule has 4 rings (SSSR count).